The monoisotopic (exact) mass is 490 g/mol. The van der Waals surface area contributed by atoms with Crippen molar-refractivity contribution in [1.82, 2.24) is 9.88 Å². The molecule has 188 valence electrons. The number of nitrogens with one attached hydrogen (secondary N) is 1. The number of alkyl halides is 1. The fraction of sp³-hybridized carbons (Fsp3) is 0.560. The van der Waals surface area contributed by atoms with Crippen LogP contribution in [0.5, 0.6) is 0 Å². The minimum absolute atomic E-state index is 0.0188. The Labute approximate surface area is 201 Å². The van der Waals surface area contributed by atoms with Crippen molar-refractivity contribution in [3.63, 3.8) is 0 Å². The summed E-state index contributed by atoms with van der Waals surface area (Å²) in [5.74, 6) is -2.41. The largest absolute Gasteiger partial charge is 0.444 e. The fourth-order valence-electron chi connectivity index (χ4n) is 4.89. The van der Waals surface area contributed by atoms with Crippen molar-refractivity contribution in [2.24, 2.45) is 0 Å². The van der Waals surface area contributed by atoms with Gasteiger partial charge >= 0.3 is 6.09 Å². The molecule has 1 atom stereocenters. The maximum Gasteiger partial charge on any atom is 0.407 e. The lowest BCUT2D eigenvalue weighted by Gasteiger charge is -2.31. The van der Waals surface area contributed by atoms with Gasteiger partial charge in [-0.05, 0) is 47.0 Å². The molecule has 2 heterocycles. The van der Waals surface area contributed by atoms with Gasteiger partial charge in [0, 0.05) is 30.6 Å². The fourth-order valence-corrected chi connectivity index (χ4v) is 4.89. The third-order valence-electron chi connectivity index (χ3n) is 6.71. The Balaban J connectivity index is 1.72. The second-order valence-corrected chi connectivity index (χ2v) is 10.5. The summed E-state index contributed by atoms with van der Waals surface area (Å²) in [6.45, 7) is 6.09. The zero-order valence-corrected chi connectivity index (χ0v) is 20.3. The summed E-state index contributed by atoms with van der Waals surface area (Å²) in [5.41, 5.74) is -2.97. The average molecular weight is 491 g/mol. The number of aryl methyl sites for hydroxylation is 1. The van der Waals surface area contributed by atoms with Gasteiger partial charge in [-0.2, -0.15) is 5.26 Å². The number of hydrogen-bond acceptors (Lipinski definition) is 5. The molecule has 1 aromatic heterocycles. The summed E-state index contributed by atoms with van der Waals surface area (Å²) < 4.78 is 53.0. The van der Waals surface area contributed by atoms with Crippen LogP contribution < -0.4 is 15.8 Å². The number of carbonyl (C=O) groups is 1. The van der Waals surface area contributed by atoms with E-state index in [0.717, 1.165) is 25.3 Å². The molecule has 1 saturated carbocycles. The number of pyridine rings is 1. The summed E-state index contributed by atoms with van der Waals surface area (Å²) in [5, 5.41) is 11.7. The Hall–Kier alpha value is -3.22. The van der Waals surface area contributed by atoms with E-state index in [1.807, 2.05) is 6.07 Å². The van der Waals surface area contributed by atoms with Gasteiger partial charge in [0.1, 0.15) is 17.3 Å². The van der Waals surface area contributed by atoms with Crippen molar-refractivity contribution < 1.29 is 22.7 Å². The predicted octanol–water partition coefficient (Wildman–Crippen LogP) is 4.63. The molecule has 1 aliphatic heterocycles. The summed E-state index contributed by atoms with van der Waals surface area (Å²) in [4.78, 5) is 26.2. The second kappa shape index (κ2) is 8.77. The van der Waals surface area contributed by atoms with Crippen molar-refractivity contribution >= 4 is 22.7 Å². The van der Waals surface area contributed by atoms with Gasteiger partial charge in [-0.15, -0.1) is 0 Å². The quantitative estimate of drug-likeness (QED) is 0.676. The first-order chi connectivity index (χ1) is 16.3. The standard InChI is InChI=1S/C25H29F3N4O3/c1-14-21-18(15(11-29)10-17(33)32(21)16-6-5-7-16)19(26)20(27)22(14)31-9-8-25(28,13-31)12-30-23(34)35-24(2,3)4/h10,16H,5-9,12-13H2,1-4H3,(H,30,34). The van der Waals surface area contributed by atoms with Gasteiger partial charge in [0.15, 0.2) is 11.6 Å². The smallest absolute Gasteiger partial charge is 0.407 e. The van der Waals surface area contributed by atoms with Crippen molar-refractivity contribution in [3.05, 3.63) is 39.2 Å². The van der Waals surface area contributed by atoms with Gasteiger partial charge in [0.25, 0.3) is 5.56 Å². The van der Waals surface area contributed by atoms with Crippen LogP contribution in [0.2, 0.25) is 0 Å². The van der Waals surface area contributed by atoms with Gasteiger partial charge in [-0.25, -0.2) is 18.0 Å². The molecule has 10 heteroatoms. The number of alkyl carbamates (subject to hydrolysis) is 1. The molecule has 1 saturated heterocycles. The average Bonchev–Trinajstić information content (AvgIpc) is 3.11. The number of fused-ring (bicyclic) bond motifs is 1. The number of aromatic nitrogens is 1. The lowest BCUT2D eigenvalue weighted by molar-refractivity contribution is 0.0486. The molecule has 2 aromatic rings. The molecule has 1 amide bonds. The number of rotatable bonds is 4. The molecule has 1 aromatic carbocycles. The predicted molar refractivity (Wildman–Crippen MR) is 125 cm³/mol. The Kier molecular flexibility index (Phi) is 6.24. The minimum atomic E-state index is -1.89. The van der Waals surface area contributed by atoms with Crippen molar-refractivity contribution in [3.8, 4) is 6.07 Å². The van der Waals surface area contributed by atoms with Crippen LogP contribution in [0, 0.1) is 29.9 Å². The van der Waals surface area contributed by atoms with E-state index >= 15 is 13.2 Å². The number of halogens is 3. The summed E-state index contributed by atoms with van der Waals surface area (Å²) in [6, 6.07) is 2.70. The maximum absolute atomic E-state index is 15.5. The Morgan fingerprint density at radius 2 is 2.00 bits per heavy atom. The van der Waals surface area contributed by atoms with E-state index in [-0.39, 0.29) is 59.8 Å². The normalized spacial score (nSPS) is 20.6. The third-order valence-corrected chi connectivity index (χ3v) is 6.71. The lowest BCUT2D eigenvalue weighted by atomic mass is 9.91. The molecular formula is C25H29F3N4O3. The SMILES string of the molecule is Cc1c(N2CCC(F)(CNC(=O)OC(C)(C)C)C2)c(F)c(F)c2c(C#N)cc(=O)n(C3CCC3)c12. The number of anilines is 1. The van der Waals surface area contributed by atoms with Crippen LogP contribution in [-0.4, -0.2) is 41.6 Å². The van der Waals surface area contributed by atoms with E-state index in [2.05, 4.69) is 5.32 Å². The van der Waals surface area contributed by atoms with Gasteiger partial charge < -0.3 is 19.5 Å². The van der Waals surface area contributed by atoms with Crippen LogP contribution in [0.15, 0.2) is 10.9 Å². The first-order valence-corrected chi connectivity index (χ1v) is 11.7. The third kappa shape index (κ3) is 4.56. The van der Waals surface area contributed by atoms with Crippen LogP contribution in [0.25, 0.3) is 10.9 Å². The Bertz CT molecular complexity index is 1290. The van der Waals surface area contributed by atoms with Crippen LogP contribution in [-0.2, 0) is 4.74 Å². The maximum atomic E-state index is 15.5. The van der Waals surface area contributed by atoms with Crippen LogP contribution in [0.4, 0.5) is 23.7 Å². The topological polar surface area (TPSA) is 87.4 Å². The van der Waals surface area contributed by atoms with E-state index in [4.69, 9.17) is 4.74 Å². The molecule has 1 aliphatic carbocycles. The number of benzene rings is 1. The molecular weight excluding hydrogens is 461 g/mol. The van der Waals surface area contributed by atoms with Crippen molar-refractivity contribution in [1.29, 1.82) is 5.26 Å². The lowest BCUT2D eigenvalue weighted by Crippen LogP contribution is -2.43. The number of amides is 1. The number of hydrogen-bond donors (Lipinski definition) is 1. The van der Waals surface area contributed by atoms with Crippen LogP contribution >= 0.6 is 0 Å². The number of nitriles is 1. The molecule has 2 aliphatic rings. The van der Waals surface area contributed by atoms with Gasteiger partial charge in [0.2, 0.25) is 0 Å². The zero-order chi connectivity index (χ0) is 25.7. The Morgan fingerprint density at radius 3 is 2.57 bits per heavy atom. The zero-order valence-electron chi connectivity index (χ0n) is 20.3. The summed E-state index contributed by atoms with van der Waals surface area (Å²) >= 11 is 0. The molecule has 1 N–H and O–H groups in total. The van der Waals surface area contributed by atoms with E-state index in [1.165, 1.54) is 9.47 Å². The van der Waals surface area contributed by atoms with E-state index in [0.29, 0.717) is 0 Å². The highest BCUT2D eigenvalue weighted by Gasteiger charge is 2.41. The number of carbonyl (C=O) groups excluding carboxylic acids is 1. The first kappa shape index (κ1) is 24.9. The van der Waals surface area contributed by atoms with Crippen LogP contribution in [0.3, 0.4) is 0 Å². The molecule has 35 heavy (non-hydrogen) atoms. The minimum Gasteiger partial charge on any atom is -0.444 e. The number of nitrogens with zero attached hydrogens (tertiary/aromatic N) is 3. The van der Waals surface area contributed by atoms with E-state index < -0.39 is 34.6 Å². The molecule has 0 spiro atoms. The highest BCUT2D eigenvalue weighted by Crippen LogP contribution is 2.41. The molecule has 7 nitrogen and oxygen atoms in total. The molecule has 2 fully saturated rings. The van der Waals surface area contributed by atoms with E-state index in [9.17, 15) is 14.9 Å². The molecule has 0 radical (unpaired) electrons. The highest BCUT2D eigenvalue weighted by atomic mass is 19.2. The van der Waals surface area contributed by atoms with Crippen molar-refractivity contribution in [2.45, 2.75) is 70.7 Å². The second-order valence-electron chi connectivity index (χ2n) is 10.5. The first-order valence-electron chi connectivity index (χ1n) is 11.7. The number of ether oxygens (including phenoxy) is 1. The van der Waals surface area contributed by atoms with Gasteiger partial charge in [0.05, 0.1) is 35.2 Å². The van der Waals surface area contributed by atoms with Gasteiger partial charge in [-0.1, -0.05) is 0 Å². The summed E-state index contributed by atoms with van der Waals surface area (Å²) in [7, 11) is 0. The Morgan fingerprint density at radius 1 is 1.31 bits per heavy atom. The van der Waals surface area contributed by atoms with E-state index in [1.54, 1.807) is 27.7 Å². The highest BCUT2D eigenvalue weighted by molar-refractivity contribution is 5.92. The molecule has 0 bridgehead atoms. The van der Waals surface area contributed by atoms with Gasteiger partial charge in [-0.3, -0.25) is 4.79 Å². The molecule has 4 rings (SSSR count). The summed E-state index contributed by atoms with van der Waals surface area (Å²) in [6.07, 6.45) is 1.58. The van der Waals surface area contributed by atoms with Crippen LogP contribution in [0.1, 0.15) is 63.6 Å². The molecule has 1 unspecified atom stereocenters. The van der Waals surface area contributed by atoms with Crippen molar-refractivity contribution in [2.75, 3.05) is 24.5 Å².